The van der Waals surface area contributed by atoms with E-state index >= 15 is 0 Å². The molecule has 0 fully saturated rings. The molecule has 0 radical (unpaired) electrons. The topological polar surface area (TPSA) is 212 Å². The predicted octanol–water partition coefficient (Wildman–Crippen LogP) is 4.89. The Morgan fingerprint density at radius 2 is 1.66 bits per heavy atom. The van der Waals surface area contributed by atoms with E-state index in [2.05, 4.69) is 15.5 Å². The molecule has 0 aliphatic heterocycles. The number of azo groups is 1. The molecular formula is C23H17N5O7S3. The summed E-state index contributed by atoms with van der Waals surface area (Å²) in [6.45, 7) is 1.34. The first-order valence-electron chi connectivity index (χ1n) is 10.4. The van der Waals surface area contributed by atoms with Gasteiger partial charge in [0.1, 0.15) is 25.9 Å². The predicted molar refractivity (Wildman–Crippen MR) is 141 cm³/mol. The van der Waals surface area contributed by atoms with Crippen LogP contribution in [0.3, 0.4) is 0 Å². The second-order valence-corrected chi connectivity index (χ2v) is 11.7. The number of hydrogen-bond acceptors (Lipinski definition) is 10. The summed E-state index contributed by atoms with van der Waals surface area (Å²) in [6, 6.07) is 14.3. The Kier molecular flexibility index (Phi) is 7.02. The Hall–Kier alpha value is -4.20. The minimum absolute atomic E-state index is 0.106. The maximum Gasteiger partial charge on any atom is 0.295 e. The molecular weight excluding hydrogens is 554 g/mol. The maximum atomic E-state index is 12.1. The molecule has 1 heterocycles. The lowest BCUT2D eigenvalue weighted by Crippen LogP contribution is -2.05. The van der Waals surface area contributed by atoms with E-state index in [1.165, 1.54) is 25.1 Å². The van der Waals surface area contributed by atoms with E-state index in [9.17, 15) is 36.0 Å². The van der Waals surface area contributed by atoms with Crippen LogP contribution in [-0.4, -0.2) is 31.8 Å². The number of nitrogens with one attached hydrogen (secondary N) is 1. The van der Waals surface area contributed by atoms with Crippen LogP contribution in [0.1, 0.15) is 12.5 Å². The molecule has 0 bridgehead atoms. The Morgan fingerprint density at radius 3 is 2.29 bits per heavy atom. The zero-order valence-electron chi connectivity index (χ0n) is 19.3. The summed E-state index contributed by atoms with van der Waals surface area (Å²) >= 11 is 0.924. The van der Waals surface area contributed by atoms with E-state index in [1.807, 2.05) is 6.07 Å². The van der Waals surface area contributed by atoms with Gasteiger partial charge in [-0.1, -0.05) is 35.6 Å². The van der Waals surface area contributed by atoms with Gasteiger partial charge in [-0.25, -0.2) is 0 Å². The Bertz CT molecular complexity index is 1910. The van der Waals surface area contributed by atoms with Crippen LogP contribution in [0.25, 0.3) is 21.9 Å². The van der Waals surface area contributed by atoms with Crippen molar-refractivity contribution in [3.8, 4) is 17.2 Å². The van der Waals surface area contributed by atoms with Crippen molar-refractivity contribution in [3.63, 3.8) is 0 Å². The highest BCUT2D eigenvalue weighted by Crippen LogP contribution is 2.45. The molecule has 15 heteroatoms. The van der Waals surface area contributed by atoms with Gasteiger partial charge in [0.15, 0.2) is 0 Å². The number of carbonyl (C=O) groups is 1. The molecule has 0 aliphatic rings. The molecule has 0 aliphatic carbocycles. The number of nitrogens with two attached hydrogens (primary N) is 1. The van der Waals surface area contributed by atoms with Gasteiger partial charge in [0.2, 0.25) is 5.91 Å². The number of rotatable bonds is 6. The van der Waals surface area contributed by atoms with Crippen molar-refractivity contribution >= 4 is 69.6 Å². The third-order valence-electron chi connectivity index (χ3n) is 5.22. The average Bonchev–Trinajstić information content (AvgIpc) is 3.15. The minimum atomic E-state index is -4.84. The fraction of sp³-hybridized carbons (Fsp3) is 0.0435. The van der Waals surface area contributed by atoms with E-state index in [-0.39, 0.29) is 37.9 Å². The van der Waals surface area contributed by atoms with Crippen molar-refractivity contribution in [2.45, 2.75) is 16.7 Å². The van der Waals surface area contributed by atoms with Crippen molar-refractivity contribution in [2.75, 3.05) is 11.1 Å². The molecule has 194 valence electrons. The highest BCUT2D eigenvalue weighted by Gasteiger charge is 2.22. The summed E-state index contributed by atoms with van der Waals surface area (Å²) in [5, 5.41) is 20.4. The van der Waals surface area contributed by atoms with E-state index in [0.717, 1.165) is 23.5 Å². The second-order valence-electron chi connectivity index (χ2n) is 7.84. The van der Waals surface area contributed by atoms with E-state index in [4.69, 9.17) is 5.73 Å². The lowest BCUT2D eigenvalue weighted by molar-refractivity contribution is -0.114. The number of hydrogen-bond donors (Lipinski definition) is 4. The fourth-order valence-electron chi connectivity index (χ4n) is 3.75. The van der Waals surface area contributed by atoms with Crippen LogP contribution in [0.15, 0.2) is 74.6 Å². The van der Waals surface area contributed by atoms with E-state index in [1.54, 1.807) is 24.3 Å². The molecule has 5 N–H and O–H groups in total. The van der Waals surface area contributed by atoms with Gasteiger partial charge in [-0.2, -0.15) is 22.1 Å². The number of nitrogen functional groups attached to an aromatic ring is 1. The quantitative estimate of drug-likeness (QED) is 0.183. The second kappa shape index (κ2) is 9.93. The summed E-state index contributed by atoms with van der Waals surface area (Å²) in [5.74, 6) is -0.303. The van der Waals surface area contributed by atoms with Crippen molar-refractivity contribution in [1.82, 2.24) is 0 Å². The van der Waals surface area contributed by atoms with Crippen molar-refractivity contribution in [2.24, 2.45) is 10.2 Å². The SMILES string of the molecule is CC(=O)Nc1cccc(-c2c(/N=N/c3cc(S(=O)(=O)O)c4cccc(S(=O)(=O)O)c4c3)sc(N)c2C#N)c1. The van der Waals surface area contributed by atoms with Gasteiger partial charge < -0.3 is 11.1 Å². The highest BCUT2D eigenvalue weighted by molar-refractivity contribution is 7.86. The highest BCUT2D eigenvalue weighted by atomic mass is 32.2. The van der Waals surface area contributed by atoms with Crippen molar-refractivity contribution < 1.29 is 30.7 Å². The Labute approximate surface area is 220 Å². The van der Waals surface area contributed by atoms with Crippen LogP contribution < -0.4 is 11.1 Å². The molecule has 4 aromatic rings. The van der Waals surface area contributed by atoms with Crippen LogP contribution in [0.5, 0.6) is 0 Å². The molecule has 4 rings (SSSR count). The lowest BCUT2D eigenvalue weighted by atomic mass is 10.0. The van der Waals surface area contributed by atoms with Gasteiger partial charge >= 0.3 is 0 Å². The molecule has 0 saturated heterocycles. The molecule has 0 spiro atoms. The first-order chi connectivity index (χ1) is 17.8. The van der Waals surface area contributed by atoms with Crippen LogP contribution in [0.4, 0.5) is 21.4 Å². The fourth-order valence-corrected chi connectivity index (χ4v) is 6.03. The van der Waals surface area contributed by atoms with Crippen molar-refractivity contribution in [1.29, 1.82) is 5.26 Å². The third-order valence-corrected chi connectivity index (χ3v) is 7.92. The first-order valence-corrected chi connectivity index (χ1v) is 14.1. The zero-order chi connectivity index (χ0) is 27.8. The summed E-state index contributed by atoms with van der Waals surface area (Å²) < 4.78 is 67.3. The summed E-state index contributed by atoms with van der Waals surface area (Å²) in [5.41, 5.74) is 7.20. The lowest BCUT2D eigenvalue weighted by Gasteiger charge is -2.09. The molecule has 0 saturated carbocycles. The van der Waals surface area contributed by atoms with Gasteiger partial charge in [0.05, 0.1) is 11.3 Å². The number of benzene rings is 3. The number of amides is 1. The summed E-state index contributed by atoms with van der Waals surface area (Å²) in [6.07, 6.45) is 0. The monoisotopic (exact) mass is 571 g/mol. The first kappa shape index (κ1) is 26.9. The van der Waals surface area contributed by atoms with Gasteiger partial charge in [-0.05, 0) is 35.9 Å². The normalized spacial score (nSPS) is 12.1. The Balaban J connectivity index is 1.92. The molecule has 0 atom stereocenters. The van der Waals surface area contributed by atoms with Crippen LogP contribution in [0, 0.1) is 11.3 Å². The van der Waals surface area contributed by atoms with Gasteiger partial charge in [0.25, 0.3) is 20.2 Å². The molecule has 3 aromatic carbocycles. The van der Waals surface area contributed by atoms with Crippen LogP contribution in [0.2, 0.25) is 0 Å². The molecule has 1 amide bonds. The van der Waals surface area contributed by atoms with Crippen LogP contribution >= 0.6 is 11.3 Å². The van der Waals surface area contributed by atoms with Gasteiger partial charge in [0, 0.05) is 28.9 Å². The summed E-state index contributed by atoms with van der Waals surface area (Å²) in [7, 11) is -9.61. The van der Waals surface area contributed by atoms with E-state index in [0.29, 0.717) is 16.8 Å². The molecule has 1 aromatic heterocycles. The number of nitrogens with zero attached hydrogens (tertiary/aromatic N) is 3. The van der Waals surface area contributed by atoms with Crippen molar-refractivity contribution in [3.05, 3.63) is 60.2 Å². The van der Waals surface area contributed by atoms with Crippen LogP contribution in [-0.2, 0) is 25.0 Å². The number of nitriles is 1. The summed E-state index contributed by atoms with van der Waals surface area (Å²) in [4.78, 5) is 10.2. The standard InChI is InChI=1S/C23H17N5O7S3/c1-12(29)26-14-5-2-4-13(8-14)21-18(11-24)22(25)36-23(21)28-27-15-9-17-16(20(10-15)38(33,34)35)6-3-7-19(17)37(30,31)32/h2-10H,25H2,1H3,(H,26,29)(H,30,31,32)(H,33,34,35)/b28-27+. The maximum absolute atomic E-state index is 12.1. The van der Waals surface area contributed by atoms with Gasteiger partial charge in [-0.3, -0.25) is 13.9 Å². The number of anilines is 2. The smallest absolute Gasteiger partial charge is 0.295 e. The number of fused-ring (bicyclic) bond motifs is 1. The Morgan fingerprint density at radius 1 is 0.974 bits per heavy atom. The zero-order valence-corrected chi connectivity index (χ0v) is 21.7. The number of thiophene rings is 1. The average molecular weight is 572 g/mol. The molecule has 12 nitrogen and oxygen atoms in total. The van der Waals surface area contributed by atoms with E-state index < -0.39 is 30.0 Å². The third kappa shape index (κ3) is 5.39. The molecule has 0 unspecified atom stereocenters. The largest absolute Gasteiger partial charge is 0.389 e. The number of carbonyl (C=O) groups excluding carboxylic acids is 1. The minimum Gasteiger partial charge on any atom is -0.389 e. The molecule has 38 heavy (non-hydrogen) atoms. The van der Waals surface area contributed by atoms with Gasteiger partial charge in [-0.15, -0.1) is 10.2 Å².